The Morgan fingerprint density at radius 2 is 0.506 bits per heavy atom. The number of rotatable bonds is 27. The summed E-state index contributed by atoms with van der Waals surface area (Å²) in [5.41, 5.74) is 0. The minimum absolute atomic E-state index is 0.0154. The van der Waals surface area contributed by atoms with E-state index in [0.717, 1.165) is 32.7 Å². The predicted octanol–water partition coefficient (Wildman–Crippen LogP) is 15.0. The molecule has 0 spiro atoms. The second-order valence-corrected chi connectivity index (χ2v) is 40.4. The first-order valence-corrected chi connectivity index (χ1v) is 36.7. The average Bonchev–Trinajstić information content (AvgIpc) is 3.50. The van der Waals surface area contributed by atoms with E-state index >= 15 is 0 Å². The Hall–Kier alpha value is -3.61. The largest absolute Gasteiger partial charge is 0.407 e. The van der Waals surface area contributed by atoms with Gasteiger partial charge < -0.3 is 28.6 Å². The van der Waals surface area contributed by atoms with Crippen molar-refractivity contribution in [1.29, 1.82) is 0 Å². The molecule has 0 amide bonds. The second-order valence-electron chi connectivity index (χ2n) is 24.1. The Labute approximate surface area is 517 Å². The maximum atomic E-state index is 10.1. The highest BCUT2D eigenvalue weighted by atomic mass is 79.9. The molecule has 0 heterocycles. The fraction of sp³-hybridized carbons (Fsp3) is 0.391. The minimum atomic E-state index is -2.46. The Morgan fingerprint density at radius 1 is 0.346 bits per heavy atom. The van der Waals surface area contributed by atoms with E-state index in [1.807, 2.05) is 0 Å². The maximum Gasteiger partial charge on any atom is 0.261 e. The van der Waals surface area contributed by atoms with Crippen molar-refractivity contribution >= 4 is 104 Å². The van der Waals surface area contributed by atoms with Crippen LogP contribution in [0.2, 0.25) is 15.1 Å². The van der Waals surface area contributed by atoms with Crippen LogP contribution in [-0.4, -0.2) is 78.4 Å². The van der Waals surface area contributed by atoms with Crippen LogP contribution in [0.4, 0.5) is 0 Å². The molecule has 0 aliphatic rings. The monoisotopic (exact) mass is 1340 g/mol. The SMILES string of the molecule is C=C(Br)CC(O)CCCO[Si](c1ccccc1)(c1ccccc1)C(C)(C)C.C=C(Br)C[C@@H](O)CCCO[Si](c1ccccc1)(c1ccccc1)C(C)(C)C.C=C(Br)C[C@H](O)CCCO[Si](c1ccccc1)(c1ccccc1)C(C)(C)C. The summed E-state index contributed by atoms with van der Waals surface area (Å²) in [4.78, 5) is 0. The lowest BCUT2D eigenvalue weighted by atomic mass is 10.1. The summed E-state index contributed by atoms with van der Waals surface area (Å²) in [6, 6.07) is 63.9. The molecule has 0 bridgehead atoms. The van der Waals surface area contributed by atoms with Crippen LogP contribution in [0.5, 0.6) is 0 Å². The molecule has 6 aromatic carbocycles. The van der Waals surface area contributed by atoms with Gasteiger partial charge in [-0.15, -0.1) is 0 Å². The summed E-state index contributed by atoms with van der Waals surface area (Å²) in [6.07, 6.45) is 5.23. The second kappa shape index (κ2) is 33.8. The van der Waals surface area contributed by atoms with Crippen molar-refractivity contribution in [2.24, 2.45) is 0 Å². The van der Waals surface area contributed by atoms with Crippen molar-refractivity contribution in [2.45, 2.75) is 154 Å². The fourth-order valence-electron chi connectivity index (χ4n) is 11.0. The van der Waals surface area contributed by atoms with Crippen molar-refractivity contribution in [2.75, 3.05) is 19.8 Å². The van der Waals surface area contributed by atoms with Gasteiger partial charge in [0.2, 0.25) is 0 Å². The predicted molar refractivity (Wildman–Crippen MR) is 364 cm³/mol. The normalized spacial score (nSPS) is 13.4. The van der Waals surface area contributed by atoms with E-state index in [-0.39, 0.29) is 33.4 Å². The number of benzene rings is 6. The van der Waals surface area contributed by atoms with Gasteiger partial charge >= 0.3 is 0 Å². The van der Waals surface area contributed by atoms with E-state index in [4.69, 9.17) is 13.3 Å². The van der Waals surface area contributed by atoms with Gasteiger partial charge in [-0.1, -0.05) is 312 Å². The summed E-state index contributed by atoms with van der Waals surface area (Å²) in [5, 5.41) is 38.0. The van der Waals surface area contributed by atoms with Crippen LogP contribution in [0.25, 0.3) is 0 Å². The Morgan fingerprint density at radius 3 is 0.642 bits per heavy atom. The molecule has 6 aromatic rings. The molecule has 0 saturated carbocycles. The lowest BCUT2D eigenvalue weighted by Crippen LogP contribution is -2.66. The number of hydrogen-bond acceptors (Lipinski definition) is 6. The highest BCUT2D eigenvalue weighted by Gasteiger charge is 2.52. The Balaban J connectivity index is 0.000000261. The zero-order valence-corrected chi connectivity index (χ0v) is 57.6. The molecule has 0 aliphatic carbocycles. The van der Waals surface area contributed by atoms with E-state index in [9.17, 15) is 15.3 Å². The van der Waals surface area contributed by atoms with Crippen LogP contribution in [0.1, 0.15) is 120 Å². The molecule has 0 radical (unpaired) electrons. The Kier molecular flexibility index (Phi) is 29.1. The summed E-state index contributed by atoms with van der Waals surface area (Å²) >= 11 is 9.97. The number of aliphatic hydroxyl groups excluding tert-OH is 3. The summed E-state index contributed by atoms with van der Waals surface area (Å²) in [6.45, 7) is 33.9. The van der Waals surface area contributed by atoms with Crippen molar-refractivity contribution in [3.63, 3.8) is 0 Å². The van der Waals surface area contributed by atoms with E-state index in [1.165, 1.54) is 31.1 Å². The molecule has 81 heavy (non-hydrogen) atoms. The fourth-order valence-corrected chi connectivity index (χ4v) is 25.9. The quantitative estimate of drug-likeness (QED) is 0.0352. The van der Waals surface area contributed by atoms with E-state index in [1.54, 1.807) is 0 Å². The zero-order chi connectivity index (χ0) is 59.7. The van der Waals surface area contributed by atoms with Gasteiger partial charge in [0.25, 0.3) is 25.0 Å². The first kappa shape index (κ1) is 69.9. The van der Waals surface area contributed by atoms with Crippen molar-refractivity contribution in [3.05, 3.63) is 215 Å². The third kappa shape index (κ3) is 20.6. The number of hydrogen-bond donors (Lipinski definition) is 3. The topological polar surface area (TPSA) is 88.4 Å². The highest BCUT2D eigenvalue weighted by Crippen LogP contribution is 2.39. The van der Waals surface area contributed by atoms with Gasteiger partial charge in [0.15, 0.2) is 0 Å². The molecule has 0 aromatic heterocycles. The molecule has 6 rings (SSSR count). The van der Waals surface area contributed by atoms with Crippen LogP contribution < -0.4 is 31.1 Å². The maximum absolute atomic E-state index is 10.1. The van der Waals surface area contributed by atoms with Crippen molar-refractivity contribution in [3.8, 4) is 0 Å². The van der Waals surface area contributed by atoms with Crippen LogP contribution >= 0.6 is 47.8 Å². The Bertz CT molecular complexity index is 2310. The summed E-state index contributed by atoms with van der Waals surface area (Å²) in [7, 11) is -7.39. The smallest absolute Gasteiger partial charge is 0.261 e. The number of aliphatic hydroxyl groups is 3. The molecule has 0 aliphatic heterocycles. The zero-order valence-electron chi connectivity index (χ0n) is 49.9. The average molecular weight is 1340 g/mol. The first-order chi connectivity index (χ1) is 38.3. The third-order valence-electron chi connectivity index (χ3n) is 14.6. The molecule has 12 heteroatoms. The molecular formula is C69H93Br3O6Si3. The first-order valence-electron chi connectivity index (χ1n) is 28.6. The molecule has 0 saturated heterocycles. The van der Waals surface area contributed by atoms with Gasteiger partial charge in [0.1, 0.15) is 0 Å². The third-order valence-corrected chi connectivity index (χ3v) is 30.7. The van der Waals surface area contributed by atoms with Crippen LogP contribution in [0, 0.1) is 0 Å². The minimum Gasteiger partial charge on any atom is -0.407 e. The summed E-state index contributed by atoms with van der Waals surface area (Å²) < 4.78 is 23.0. The van der Waals surface area contributed by atoms with Gasteiger partial charge in [0.05, 0.1) is 18.3 Å². The standard InChI is InChI=1S/3C23H31BrO2Si/c3*1-19(24)18-20(25)12-11-17-26-27(23(2,3)4,21-13-7-5-8-14-21)22-15-9-6-10-16-22/h3*5-10,13-16,20,25H,1,11-12,17-18H2,2-4H3/t2*20-;/m10./s1. The highest BCUT2D eigenvalue weighted by molar-refractivity contribution is 9.12. The molecule has 3 N–H and O–H groups in total. The van der Waals surface area contributed by atoms with Crippen LogP contribution in [0.3, 0.4) is 0 Å². The molecule has 1 unspecified atom stereocenters. The molecule has 0 fully saturated rings. The van der Waals surface area contributed by atoms with Gasteiger partial charge in [-0.05, 0) is 98.2 Å². The van der Waals surface area contributed by atoms with Crippen LogP contribution in [0.15, 0.2) is 215 Å². The van der Waals surface area contributed by atoms with E-state index in [2.05, 4.69) is 312 Å². The lowest BCUT2D eigenvalue weighted by molar-refractivity contribution is 0.153. The van der Waals surface area contributed by atoms with E-state index in [0.29, 0.717) is 58.3 Å². The summed E-state index contributed by atoms with van der Waals surface area (Å²) in [5.74, 6) is 0. The number of halogens is 3. The molecule has 3 atom stereocenters. The van der Waals surface area contributed by atoms with Gasteiger partial charge in [-0.25, -0.2) is 0 Å². The lowest BCUT2D eigenvalue weighted by Gasteiger charge is -2.43. The van der Waals surface area contributed by atoms with E-state index < -0.39 is 25.0 Å². The van der Waals surface area contributed by atoms with Gasteiger partial charge in [-0.2, -0.15) is 0 Å². The van der Waals surface area contributed by atoms with Crippen molar-refractivity contribution < 1.29 is 28.6 Å². The van der Waals surface area contributed by atoms with Crippen molar-refractivity contribution in [1.82, 2.24) is 0 Å². The molecule has 438 valence electrons. The van der Waals surface area contributed by atoms with Gasteiger partial charge in [0, 0.05) is 39.1 Å². The van der Waals surface area contributed by atoms with Gasteiger partial charge in [-0.3, -0.25) is 0 Å². The molecular weight excluding hydrogens is 1250 g/mol. The van der Waals surface area contributed by atoms with Crippen LogP contribution in [-0.2, 0) is 13.3 Å². The molecule has 6 nitrogen and oxygen atoms in total.